The highest BCUT2D eigenvalue weighted by Gasteiger charge is 2.31. The summed E-state index contributed by atoms with van der Waals surface area (Å²) in [7, 11) is 0. The number of thiophene rings is 1. The number of esters is 1. The molecule has 0 fully saturated rings. The molecule has 0 saturated carbocycles. The molecule has 0 spiro atoms. The number of anilines is 1. The largest absolute Gasteiger partial charge is 0.454 e. The van der Waals surface area contributed by atoms with Crippen LogP contribution in [0.5, 0.6) is 11.5 Å². The van der Waals surface area contributed by atoms with Crippen LogP contribution in [0.1, 0.15) is 44.5 Å². The molecule has 1 atom stereocenters. The molecule has 11 nitrogen and oxygen atoms in total. The first-order valence-corrected chi connectivity index (χ1v) is 10.1. The second-order valence-electron chi connectivity index (χ2n) is 6.94. The Kier molecular flexibility index (Phi) is 5.23. The standard InChI is InChI=1S/C19H17N3O8S/c1-8(17(24)21-18-15(16(20)23)9-3-2-4-14(9)31-18)30-19(25)10-5-12-13(29-7-28-12)6-11(10)22(26)27/h5-6,8H,2-4,7H2,1H3,(H2,20,23)(H,21,24). The van der Waals surface area contributed by atoms with Crippen molar-refractivity contribution in [2.75, 3.05) is 12.1 Å². The summed E-state index contributed by atoms with van der Waals surface area (Å²) in [5.74, 6) is -2.11. The van der Waals surface area contributed by atoms with E-state index in [2.05, 4.69) is 5.32 Å². The van der Waals surface area contributed by atoms with E-state index in [1.807, 2.05) is 0 Å². The smallest absolute Gasteiger partial charge is 0.346 e. The molecule has 1 aromatic heterocycles. The van der Waals surface area contributed by atoms with Gasteiger partial charge in [0.1, 0.15) is 10.6 Å². The quantitative estimate of drug-likeness (QED) is 0.387. The number of carbonyl (C=O) groups excluding carboxylic acids is 3. The van der Waals surface area contributed by atoms with Gasteiger partial charge in [-0.1, -0.05) is 0 Å². The average molecular weight is 447 g/mol. The molecule has 12 heteroatoms. The van der Waals surface area contributed by atoms with Crippen LogP contribution in [0.25, 0.3) is 0 Å². The molecule has 162 valence electrons. The van der Waals surface area contributed by atoms with Crippen LogP contribution in [0.4, 0.5) is 10.7 Å². The van der Waals surface area contributed by atoms with Crippen LogP contribution in [0.15, 0.2) is 12.1 Å². The van der Waals surface area contributed by atoms with Gasteiger partial charge in [-0.25, -0.2) is 4.79 Å². The molecule has 2 aromatic rings. The van der Waals surface area contributed by atoms with E-state index in [1.165, 1.54) is 18.3 Å². The number of nitro benzene ring substituents is 1. The predicted molar refractivity (Wildman–Crippen MR) is 108 cm³/mol. The fourth-order valence-electron chi connectivity index (χ4n) is 3.49. The first-order chi connectivity index (χ1) is 14.8. The van der Waals surface area contributed by atoms with Gasteiger partial charge in [0.2, 0.25) is 6.79 Å². The molecule has 4 rings (SSSR count). The van der Waals surface area contributed by atoms with Crippen molar-refractivity contribution in [3.05, 3.63) is 43.8 Å². The maximum atomic E-state index is 12.6. The molecular weight excluding hydrogens is 430 g/mol. The Balaban J connectivity index is 1.51. The number of hydrogen-bond acceptors (Lipinski definition) is 9. The van der Waals surface area contributed by atoms with Gasteiger partial charge in [-0.3, -0.25) is 19.7 Å². The normalized spacial score (nSPS) is 14.6. The van der Waals surface area contributed by atoms with Gasteiger partial charge in [0, 0.05) is 10.9 Å². The number of aryl methyl sites for hydroxylation is 1. The summed E-state index contributed by atoms with van der Waals surface area (Å²) in [4.78, 5) is 48.6. The number of nitrogens with one attached hydrogen (secondary N) is 1. The highest BCUT2D eigenvalue weighted by Crippen LogP contribution is 2.40. The summed E-state index contributed by atoms with van der Waals surface area (Å²) in [5.41, 5.74) is 5.68. The van der Waals surface area contributed by atoms with Gasteiger partial charge in [0.15, 0.2) is 17.6 Å². The zero-order valence-corrected chi connectivity index (χ0v) is 17.1. The molecule has 0 bridgehead atoms. The van der Waals surface area contributed by atoms with E-state index in [-0.39, 0.29) is 29.4 Å². The molecule has 0 radical (unpaired) electrons. The van der Waals surface area contributed by atoms with Gasteiger partial charge in [-0.15, -0.1) is 11.3 Å². The third-order valence-electron chi connectivity index (χ3n) is 4.96. The van der Waals surface area contributed by atoms with E-state index >= 15 is 0 Å². The van der Waals surface area contributed by atoms with Gasteiger partial charge in [-0.05, 0) is 31.7 Å². The summed E-state index contributed by atoms with van der Waals surface area (Å²) >= 11 is 1.26. The number of benzene rings is 1. The lowest BCUT2D eigenvalue weighted by Gasteiger charge is -2.14. The van der Waals surface area contributed by atoms with Crippen molar-refractivity contribution in [2.24, 2.45) is 5.73 Å². The molecule has 1 aliphatic heterocycles. The van der Waals surface area contributed by atoms with Crippen molar-refractivity contribution < 1.29 is 33.5 Å². The van der Waals surface area contributed by atoms with Crippen molar-refractivity contribution >= 4 is 39.8 Å². The number of nitro groups is 1. The number of carbonyl (C=O) groups is 3. The molecule has 2 aliphatic rings. The summed E-state index contributed by atoms with van der Waals surface area (Å²) in [5, 5.41) is 14.2. The highest BCUT2D eigenvalue weighted by molar-refractivity contribution is 7.17. The average Bonchev–Trinajstić information content (AvgIpc) is 3.41. The van der Waals surface area contributed by atoms with E-state index in [0.29, 0.717) is 11.4 Å². The third kappa shape index (κ3) is 3.77. The van der Waals surface area contributed by atoms with Crippen LogP contribution in [0.3, 0.4) is 0 Å². The maximum absolute atomic E-state index is 12.6. The molecule has 2 heterocycles. The van der Waals surface area contributed by atoms with Gasteiger partial charge in [-0.2, -0.15) is 0 Å². The molecule has 3 N–H and O–H groups in total. The van der Waals surface area contributed by atoms with E-state index in [0.717, 1.165) is 35.4 Å². The Labute approximate surface area is 179 Å². The molecule has 1 aromatic carbocycles. The Bertz CT molecular complexity index is 1130. The number of nitrogens with two attached hydrogens (primary N) is 1. The predicted octanol–water partition coefficient (Wildman–Crippen LogP) is 2.16. The maximum Gasteiger partial charge on any atom is 0.346 e. The number of hydrogen-bond donors (Lipinski definition) is 2. The summed E-state index contributed by atoms with van der Waals surface area (Å²) < 4.78 is 15.4. The number of primary amides is 1. The molecule has 31 heavy (non-hydrogen) atoms. The Morgan fingerprint density at radius 3 is 2.65 bits per heavy atom. The summed E-state index contributed by atoms with van der Waals surface area (Å²) in [6.45, 7) is 1.19. The molecular formula is C19H17N3O8S. The van der Waals surface area contributed by atoms with Gasteiger partial charge < -0.3 is 25.3 Å². The van der Waals surface area contributed by atoms with Crippen LogP contribution in [0, 0.1) is 10.1 Å². The highest BCUT2D eigenvalue weighted by atomic mass is 32.1. The number of rotatable bonds is 6. The fraction of sp³-hybridized carbons (Fsp3) is 0.316. The minimum Gasteiger partial charge on any atom is -0.454 e. The van der Waals surface area contributed by atoms with Crippen molar-refractivity contribution in [3.63, 3.8) is 0 Å². The van der Waals surface area contributed by atoms with E-state index in [4.69, 9.17) is 19.9 Å². The third-order valence-corrected chi connectivity index (χ3v) is 6.17. The van der Waals surface area contributed by atoms with Crippen LogP contribution in [-0.2, 0) is 22.4 Å². The lowest BCUT2D eigenvalue weighted by atomic mass is 10.1. The molecule has 1 unspecified atom stereocenters. The van der Waals surface area contributed by atoms with Gasteiger partial charge in [0.05, 0.1) is 16.6 Å². The van der Waals surface area contributed by atoms with Gasteiger partial charge >= 0.3 is 5.97 Å². The zero-order valence-electron chi connectivity index (χ0n) is 16.3. The van der Waals surface area contributed by atoms with E-state index in [9.17, 15) is 24.5 Å². The van der Waals surface area contributed by atoms with E-state index < -0.39 is 34.5 Å². The van der Waals surface area contributed by atoms with Crippen LogP contribution in [0.2, 0.25) is 0 Å². The molecule has 0 saturated heterocycles. The Morgan fingerprint density at radius 1 is 1.26 bits per heavy atom. The van der Waals surface area contributed by atoms with Gasteiger partial charge in [0.25, 0.3) is 17.5 Å². The Hall–Kier alpha value is -3.67. The second-order valence-corrected chi connectivity index (χ2v) is 8.05. The molecule has 1 aliphatic carbocycles. The topological polar surface area (TPSA) is 160 Å². The van der Waals surface area contributed by atoms with Crippen molar-refractivity contribution in [3.8, 4) is 11.5 Å². The number of fused-ring (bicyclic) bond motifs is 2. The number of amides is 2. The number of ether oxygens (including phenoxy) is 3. The fourth-order valence-corrected chi connectivity index (χ4v) is 4.79. The van der Waals surface area contributed by atoms with Crippen molar-refractivity contribution in [1.82, 2.24) is 0 Å². The SMILES string of the molecule is CC(OC(=O)c1cc2c(cc1[N+](=O)[O-])OCO2)C(=O)Nc1sc2c(c1C(N)=O)CCC2. The minimum absolute atomic E-state index is 0.128. The van der Waals surface area contributed by atoms with Crippen LogP contribution in [-0.4, -0.2) is 35.6 Å². The van der Waals surface area contributed by atoms with Crippen LogP contribution < -0.4 is 20.5 Å². The number of nitrogens with zero attached hydrogens (tertiary/aromatic N) is 1. The van der Waals surface area contributed by atoms with Crippen molar-refractivity contribution in [2.45, 2.75) is 32.3 Å². The molecule has 2 amide bonds. The first kappa shape index (κ1) is 20.6. The monoisotopic (exact) mass is 447 g/mol. The first-order valence-electron chi connectivity index (χ1n) is 9.30. The lowest BCUT2D eigenvalue weighted by molar-refractivity contribution is -0.385. The van der Waals surface area contributed by atoms with Crippen molar-refractivity contribution in [1.29, 1.82) is 0 Å². The van der Waals surface area contributed by atoms with Crippen LogP contribution >= 0.6 is 11.3 Å². The van der Waals surface area contributed by atoms with E-state index in [1.54, 1.807) is 0 Å². The second kappa shape index (κ2) is 7.87. The minimum atomic E-state index is -1.30. The Morgan fingerprint density at radius 2 is 1.97 bits per heavy atom. The summed E-state index contributed by atoms with van der Waals surface area (Å²) in [6.07, 6.45) is 1.13. The lowest BCUT2D eigenvalue weighted by Crippen LogP contribution is -2.30. The summed E-state index contributed by atoms with van der Waals surface area (Å²) in [6, 6.07) is 2.21. The zero-order chi connectivity index (χ0) is 22.3.